The lowest BCUT2D eigenvalue weighted by Gasteiger charge is -2.40. The van der Waals surface area contributed by atoms with Crippen LogP contribution in [0, 0.1) is 0 Å². The summed E-state index contributed by atoms with van der Waals surface area (Å²) in [5, 5.41) is 30.2. The molecule has 1 fully saturated rings. The molecule has 164 valence electrons. The molecule has 0 saturated carbocycles. The minimum atomic E-state index is -1.34. The van der Waals surface area contributed by atoms with Crippen LogP contribution in [0.3, 0.4) is 0 Å². The minimum absolute atomic E-state index is 0.136. The highest BCUT2D eigenvalue weighted by atomic mass is 31.1. The van der Waals surface area contributed by atoms with Crippen LogP contribution in [0.2, 0.25) is 0 Å². The minimum Gasteiger partial charge on any atom is -0.462 e. The van der Waals surface area contributed by atoms with Gasteiger partial charge < -0.3 is 24.8 Å². The first-order valence-corrected chi connectivity index (χ1v) is 12.4. The third kappa shape index (κ3) is 11.8. The van der Waals surface area contributed by atoms with Gasteiger partial charge in [0.15, 0.2) is 0 Å². The lowest BCUT2D eigenvalue weighted by atomic mass is 9.97. The number of allylic oxidation sites excluding steroid dienone is 5. The molecule has 0 aliphatic carbocycles. The predicted octanol–water partition coefficient (Wildman–Crippen LogP) is 4.20. The Morgan fingerprint density at radius 1 is 1.04 bits per heavy atom. The highest BCUT2D eigenvalue weighted by molar-refractivity contribution is 7.55. The standard InChI is InChI=1S/C17H27O5P.C3H8.C2H6/c1-5-7-8-9-12(6-2)21-17-16(20)15(19)14(18)13(22-17)10-11-23(3)4;1-3-2;1-2/h5-9,13-20H,1-2,10-11H2,3-4H3;3H2,1-2H3;1-2H3/b8-7-,12-9+;;/t13?,14-,15?,16?,17+;;/m1../s1. The smallest absolute Gasteiger partial charge is 0.229 e. The average molecular weight is 417 g/mol. The summed E-state index contributed by atoms with van der Waals surface area (Å²) < 4.78 is 11.2. The molecule has 28 heavy (non-hydrogen) atoms. The summed E-state index contributed by atoms with van der Waals surface area (Å²) in [5.74, 6) is 0.391. The highest BCUT2D eigenvalue weighted by Crippen LogP contribution is 2.31. The Bertz CT molecular complexity index is 462. The Morgan fingerprint density at radius 3 is 2.07 bits per heavy atom. The van der Waals surface area contributed by atoms with Gasteiger partial charge in [0.2, 0.25) is 6.29 Å². The van der Waals surface area contributed by atoms with Gasteiger partial charge in [-0.25, -0.2) is 0 Å². The van der Waals surface area contributed by atoms with Gasteiger partial charge in [0.05, 0.1) is 6.10 Å². The molecule has 6 heteroatoms. The van der Waals surface area contributed by atoms with E-state index in [1.807, 2.05) is 13.8 Å². The second kappa shape index (κ2) is 18.1. The zero-order valence-electron chi connectivity index (χ0n) is 18.4. The molecule has 0 radical (unpaired) electrons. The van der Waals surface area contributed by atoms with Crippen molar-refractivity contribution in [3.05, 3.63) is 49.3 Å². The maximum Gasteiger partial charge on any atom is 0.229 e. The molecule has 3 unspecified atom stereocenters. The Hall–Kier alpha value is -0.970. The molecular weight excluding hydrogens is 375 g/mol. The van der Waals surface area contributed by atoms with Crippen LogP contribution in [0.5, 0.6) is 0 Å². The van der Waals surface area contributed by atoms with Crippen LogP contribution >= 0.6 is 7.92 Å². The third-order valence-corrected chi connectivity index (χ3v) is 4.64. The molecule has 0 aromatic rings. The molecular formula is C22H41O5P. The number of hydrogen-bond acceptors (Lipinski definition) is 5. The van der Waals surface area contributed by atoms with Crippen LogP contribution in [-0.4, -0.2) is 65.5 Å². The molecule has 5 nitrogen and oxygen atoms in total. The molecule has 1 saturated heterocycles. The molecule has 1 aliphatic rings. The van der Waals surface area contributed by atoms with E-state index in [4.69, 9.17) is 9.47 Å². The van der Waals surface area contributed by atoms with Gasteiger partial charge in [0.25, 0.3) is 0 Å². The second-order valence-corrected chi connectivity index (χ2v) is 8.93. The van der Waals surface area contributed by atoms with Gasteiger partial charge in [-0.1, -0.05) is 65.5 Å². The summed E-state index contributed by atoms with van der Waals surface area (Å²) in [7, 11) is -0.136. The first-order valence-electron chi connectivity index (χ1n) is 9.95. The molecule has 1 rings (SSSR count). The maximum atomic E-state index is 10.1. The molecule has 0 aromatic carbocycles. The summed E-state index contributed by atoms with van der Waals surface area (Å²) >= 11 is 0. The molecule has 1 heterocycles. The van der Waals surface area contributed by atoms with Crippen LogP contribution in [0.25, 0.3) is 0 Å². The number of ether oxygens (including phenoxy) is 2. The van der Waals surface area contributed by atoms with Gasteiger partial charge in [-0.2, -0.15) is 0 Å². The summed E-state index contributed by atoms with van der Waals surface area (Å²) in [4.78, 5) is 0. The SMILES string of the molecule is C=C/C=C\C=C(/C=C)O[C@H]1OC(CCP(C)C)[C@@H](O)C(O)C1O.CC.CCC. The van der Waals surface area contributed by atoms with Crippen LogP contribution in [0.1, 0.15) is 40.5 Å². The summed E-state index contributed by atoms with van der Waals surface area (Å²) in [6.45, 7) is 19.7. The van der Waals surface area contributed by atoms with Crippen molar-refractivity contribution in [2.24, 2.45) is 0 Å². The van der Waals surface area contributed by atoms with E-state index in [9.17, 15) is 15.3 Å². The molecule has 5 atom stereocenters. The van der Waals surface area contributed by atoms with E-state index in [0.717, 1.165) is 6.16 Å². The Balaban J connectivity index is 0. The summed E-state index contributed by atoms with van der Waals surface area (Å²) in [6.07, 6.45) is 5.53. The van der Waals surface area contributed by atoms with Crippen LogP contribution < -0.4 is 0 Å². The molecule has 0 bridgehead atoms. The van der Waals surface area contributed by atoms with E-state index in [1.54, 1.807) is 24.3 Å². The maximum absolute atomic E-state index is 10.1. The lowest BCUT2D eigenvalue weighted by Crippen LogP contribution is -2.58. The number of rotatable bonds is 8. The van der Waals surface area contributed by atoms with Gasteiger partial charge in [-0.15, -0.1) is 7.92 Å². The third-order valence-electron chi connectivity index (χ3n) is 3.49. The largest absolute Gasteiger partial charge is 0.462 e. The summed E-state index contributed by atoms with van der Waals surface area (Å²) in [5.41, 5.74) is 0. The van der Waals surface area contributed by atoms with Crippen molar-refractivity contribution in [3.63, 3.8) is 0 Å². The number of hydrogen-bond donors (Lipinski definition) is 3. The molecule has 3 N–H and O–H groups in total. The van der Waals surface area contributed by atoms with E-state index >= 15 is 0 Å². The zero-order valence-corrected chi connectivity index (χ0v) is 19.3. The first kappa shape index (κ1) is 29.2. The van der Waals surface area contributed by atoms with E-state index in [1.165, 1.54) is 12.5 Å². The lowest BCUT2D eigenvalue weighted by molar-refractivity contribution is -0.285. The van der Waals surface area contributed by atoms with Gasteiger partial charge in [0.1, 0.15) is 24.1 Å². The average Bonchev–Trinajstić information content (AvgIpc) is 2.68. The van der Waals surface area contributed by atoms with Crippen molar-refractivity contribution >= 4 is 7.92 Å². The first-order chi connectivity index (χ1) is 13.3. The van der Waals surface area contributed by atoms with Gasteiger partial charge in [0, 0.05) is 0 Å². The fourth-order valence-electron chi connectivity index (χ4n) is 2.16. The molecule has 1 aliphatic heterocycles. The molecule has 0 amide bonds. The van der Waals surface area contributed by atoms with Crippen molar-refractivity contribution < 1.29 is 24.8 Å². The van der Waals surface area contributed by atoms with E-state index in [-0.39, 0.29) is 7.92 Å². The van der Waals surface area contributed by atoms with Crippen LogP contribution in [0.4, 0.5) is 0 Å². The van der Waals surface area contributed by atoms with Crippen molar-refractivity contribution in [2.75, 3.05) is 19.5 Å². The number of aliphatic hydroxyl groups is 3. The van der Waals surface area contributed by atoms with Gasteiger partial charge in [-0.3, -0.25) is 0 Å². The monoisotopic (exact) mass is 416 g/mol. The predicted molar refractivity (Wildman–Crippen MR) is 121 cm³/mol. The Labute approximate surface area is 173 Å². The van der Waals surface area contributed by atoms with E-state index in [2.05, 4.69) is 40.3 Å². The van der Waals surface area contributed by atoms with Crippen molar-refractivity contribution in [1.29, 1.82) is 0 Å². The van der Waals surface area contributed by atoms with Crippen LogP contribution in [0.15, 0.2) is 49.3 Å². The Kier molecular flexibility index (Phi) is 18.9. The van der Waals surface area contributed by atoms with Crippen molar-refractivity contribution in [2.45, 2.75) is 71.2 Å². The summed E-state index contributed by atoms with van der Waals surface area (Å²) in [6, 6.07) is 0. The van der Waals surface area contributed by atoms with Gasteiger partial charge in [-0.05, 0) is 38.1 Å². The number of aliphatic hydroxyl groups excluding tert-OH is 3. The topological polar surface area (TPSA) is 79.2 Å². The second-order valence-electron chi connectivity index (χ2n) is 6.33. The fraction of sp³-hybridized carbons (Fsp3) is 0.636. The quantitative estimate of drug-likeness (QED) is 0.314. The zero-order chi connectivity index (χ0) is 22.1. The van der Waals surface area contributed by atoms with E-state index in [0.29, 0.717) is 12.2 Å². The van der Waals surface area contributed by atoms with Gasteiger partial charge >= 0.3 is 0 Å². The molecule has 0 aromatic heterocycles. The Morgan fingerprint density at radius 2 is 1.61 bits per heavy atom. The van der Waals surface area contributed by atoms with Crippen molar-refractivity contribution in [1.82, 2.24) is 0 Å². The molecule has 0 spiro atoms. The van der Waals surface area contributed by atoms with Crippen LogP contribution in [-0.2, 0) is 9.47 Å². The van der Waals surface area contributed by atoms with E-state index < -0.39 is 30.7 Å². The highest BCUT2D eigenvalue weighted by Gasteiger charge is 2.44. The normalized spacial score (nSPS) is 27.4. The fourth-order valence-corrected chi connectivity index (χ4v) is 2.93. The van der Waals surface area contributed by atoms with Crippen molar-refractivity contribution in [3.8, 4) is 0 Å².